The van der Waals surface area contributed by atoms with Crippen molar-refractivity contribution < 1.29 is 4.74 Å². The Morgan fingerprint density at radius 3 is 2.87 bits per heavy atom. The number of aromatic nitrogens is 2. The van der Waals surface area contributed by atoms with Gasteiger partial charge in [0.25, 0.3) is 0 Å². The van der Waals surface area contributed by atoms with Gasteiger partial charge in [-0.25, -0.2) is 9.97 Å². The van der Waals surface area contributed by atoms with E-state index < -0.39 is 0 Å². The minimum Gasteiger partial charge on any atom is -0.379 e. The Labute approximate surface area is 89.3 Å². The molecule has 1 aromatic heterocycles. The number of morpholine rings is 1. The Bertz CT molecular complexity index is 287. The maximum Gasteiger partial charge on any atom is 0.115 e. The van der Waals surface area contributed by atoms with Crippen LogP contribution in [0.15, 0.2) is 18.6 Å². The molecule has 1 aliphatic rings. The SMILES string of the molecule is NCC(c1ccncn1)N1CCOCC1. The Hall–Kier alpha value is -1.04. The molecule has 2 heterocycles. The predicted octanol–water partition coefficient (Wildman–Crippen LogP) is -0.191. The first-order valence-electron chi connectivity index (χ1n) is 5.19. The molecule has 1 saturated heterocycles. The van der Waals surface area contributed by atoms with E-state index in [0.29, 0.717) is 6.54 Å². The zero-order valence-electron chi connectivity index (χ0n) is 8.67. The van der Waals surface area contributed by atoms with E-state index in [2.05, 4.69) is 14.9 Å². The molecule has 1 aliphatic heterocycles. The van der Waals surface area contributed by atoms with Crippen molar-refractivity contribution in [3.63, 3.8) is 0 Å². The van der Waals surface area contributed by atoms with E-state index in [0.717, 1.165) is 32.0 Å². The lowest BCUT2D eigenvalue weighted by molar-refractivity contribution is 0.0170. The topological polar surface area (TPSA) is 64.3 Å². The molecule has 0 aromatic carbocycles. The molecule has 1 unspecified atom stereocenters. The molecule has 0 saturated carbocycles. The standard InChI is InChI=1S/C10H16N4O/c11-7-10(9-1-2-12-8-13-9)14-3-5-15-6-4-14/h1-2,8,10H,3-7,11H2. The highest BCUT2D eigenvalue weighted by molar-refractivity contribution is 5.06. The molecule has 15 heavy (non-hydrogen) atoms. The van der Waals surface area contributed by atoms with Crippen molar-refractivity contribution >= 4 is 0 Å². The fourth-order valence-corrected chi connectivity index (χ4v) is 1.84. The molecule has 0 bridgehead atoms. The van der Waals surface area contributed by atoms with Crippen LogP contribution in [0.5, 0.6) is 0 Å². The van der Waals surface area contributed by atoms with E-state index in [1.807, 2.05) is 6.07 Å². The van der Waals surface area contributed by atoms with Gasteiger partial charge in [0.2, 0.25) is 0 Å². The first-order valence-corrected chi connectivity index (χ1v) is 5.19. The molecule has 2 N–H and O–H groups in total. The van der Waals surface area contributed by atoms with Gasteiger partial charge in [0.1, 0.15) is 6.33 Å². The average molecular weight is 208 g/mol. The molecular formula is C10H16N4O. The molecule has 0 spiro atoms. The summed E-state index contributed by atoms with van der Waals surface area (Å²) in [7, 11) is 0. The van der Waals surface area contributed by atoms with Crippen molar-refractivity contribution in [1.82, 2.24) is 14.9 Å². The van der Waals surface area contributed by atoms with Crippen LogP contribution in [0.3, 0.4) is 0 Å². The van der Waals surface area contributed by atoms with Gasteiger partial charge in [-0.3, -0.25) is 4.90 Å². The molecule has 5 nitrogen and oxygen atoms in total. The van der Waals surface area contributed by atoms with Crippen molar-refractivity contribution in [3.05, 3.63) is 24.3 Å². The van der Waals surface area contributed by atoms with Gasteiger partial charge in [0.05, 0.1) is 24.9 Å². The van der Waals surface area contributed by atoms with E-state index in [9.17, 15) is 0 Å². The molecule has 1 fully saturated rings. The van der Waals surface area contributed by atoms with Crippen molar-refractivity contribution in [1.29, 1.82) is 0 Å². The number of ether oxygens (including phenoxy) is 1. The van der Waals surface area contributed by atoms with E-state index in [1.165, 1.54) is 0 Å². The van der Waals surface area contributed by atoms with E-state index in [1.54, 1.807) is 12.5 Å². The second-order valence-corrected chi connectivity index (χ2v) is 3.53. The van der Waals surface area contributed by atoms with Crippen LogP contribution in [-0.4, -0.2) is 47.7 Å². The molecule has 1 aromatic rings. The molecule has 0 amide bonds. The van der Waals surface area contributed by atoms with Gasteiger partial charge in [-0.2, -0.15) is 0 Å². The highest BCUT2D eigenvalue weighted by atomic mass is 16.5. The molecular weight excluding hydrogens is 192 g/mol. The van der Waals surface area contributed by atoms with Gasteiger partial charge in [0.15, 0.2) is 0 Å². The minimum atomic E-state index is 0.192. The number of hydrogen-bond donors (Lipinski definition) is 1. The Kier molecular flexibility index (Phi) is 3.60. The van der Waals surface area contributed by atoms with E-state index in [4.69, 9.17) is 10.5 Å². The van der Waals surface area contributed by atoms with Crippen LogP contribution in [0.2, 0.25) is 0 Å². The first-order chi connectivity index (χ1) is 7.42. The maximum atomic E-state index is 5.79. The van der Waals surface area contributed by atoms with Crippen molar-refractivity contribution in [2.24, 2.45) is 5.73 Å². The summed E-state index contributed by atoms with van der Waals surface area (Å²) in [6.07, 6.45) is 3.32. The third-order valence-electron chi connectivity index (χ3n) is 2.66. The lowest BCUT2D eigenvalue weighted by Crippen LogP contribution is -2.42. The molecule has 82 valence electrons. The number of rotatable bonds is 3. The van der Waals surface area contributed by atoms with Crippen LogP contribution in [0.4, 0.5) is 0 Å². The van der Waals surface area contributed by atoms with E-state index >= 15 is 0 Å². The summed E-state index contributed by atoms with van der Waals surface area (Å²) < 4.78 is 5.32. The highest BCUT2D eigenvalue weighted by Crippen LogP contribution is 2.17. The van der Waals surface area contributed by atoms with Gasteiger partial charge in [0, 0.05) is 25.8 Å². The van der Waals surface area contributed by atoms with Crippen molar-refractivity contribution in [2.45, 2.75) is 6.04 Å². The molecule has 1 atom stereocenters. The van der Waals surface area contributed by atoms with Gasteiger partial charge < -0.3 is 10.5 Å². The van der Waals surface area contributed by atoms with Crippen LogP contribution in [0.1, 0.15) is 11.7 Å². The average Bonchev–Trinajstić information content (AvgIpc) is 2.33. The first kappa shape index (κ1) is 10.5. The van der Waals surface area contributed by atoms with Crippen LogP contribution in [-0.2, 0) is 4.74 Å². The van der Waals surface area contributed by atoms with Crippen LogP contribution >= 0.6 is 0 Å². The van der Waals surface area contributed by atoms with Gasteiger partial charge >= 0.3 is 0 Å². The normalized spacial score (nSPS) is 20.1. The number of nitrogens with two attached hydrogens (primary N) is 1. The summed E-state index contributed by atoms with van der Waals surface area (Å²) in [6.45, 7) is 3.98. The number of hydrogen-bond acceptors (Lipinski definition) is 5. The minimum absolute atomic E-state index is 0.192. The highest BCUT2D eigenvalue weighted by Gasteiger charge is 2.21. The molecule has 0 radical (unpaired) electrons. The van der Waals surface area contributed by atoms with Gasteiger partial charge in [-0.1, -0.05) is 0 Å². The second kappa shape index (κ2) is 5.16. The molecule has 0 aliphatic carbocycles. The lowest BCUT2D eigenvalue weighted by Gasteiger charge is -2.33. The summed E-state index contributed by atoms with van der Waals surface area (Å²) in [5.41, 5.74) is 6.79. The summed E-state index contributed by atoms with van der Waals surface area (Å²) in [6, 6.07) is 2.12. The Morgan fingerprint density at radius 1 is 1.47 bits per heavy atom. The van der Waals surface area contributed by atoms with Crippen LogP contribution in [0, 0.1) is 0 Å². The quantitative estimate of drug-likeness (QED) is 0.745. The molecule has 2 rings (SSSR count). The third-order valence-corrected chi connectivity index (χ3v) is 2.66. The largest absolute Gasteiger partial charge is 0.379 e. The van der Waals surface area contributed by atoms with Crippen molar-refractivity contribution in [3.8, 4) is 0 Å². The van der Waals surface area contributed by atoms with Crippen LogP contribution in [0.25, 0.3) is 0 Å². The second-order valence-electron chi connectivity index (χ2n) is 3.53. The van der Waals surface area contributed by atoms with Crippen molar-refractivity contribution in [2.75, 3.05) is 32.8 Å². The van der Waals surface area contributed by atoms with E-state index in [-0.39, 0.29) is 6.04 Å². The lowest BCUT2D eigenvalue weighted by atomic mass is 10.1. The van der Waals surface area contributed by atoms with Gasteiger partial charge in [-0.15, -0.1) is 0 Å². The predicted molar refractivity (Wildman–Crippen MR) is 56.2 cm³/mol. The summed E-state index contributed by atoms with van der Waals surface area (Å²) >= 11 is 0. The zero-order chi connectivity index (χ0) is 10.5. The monoisotopic (exact) mass is 208 g/mol. The third kappa shape index (κ3) is 2.50. The summed E-state index contributed by atoms with van der Waals surface area (Å²) in [4.78, 5) is 10.5. The maximum absolute atomic E-state index is 5.79. The Balaban J connectivity index is 2.09. The van der Waals surface area contributed by atoms with Crippen LogP contribution < -0.4 is 5.73 Å². The smallest absolute Gasteiger partial charge is 0.115 e. The fraction of sp³-hybridized carbons (Fsp3) is 0.600. The Morgan fingerprint density at radius 2 is 2.27 bits per heavy atom. The molecule has 5 heteroatoms. The summed E-state index contributed by atoms with van der Waals surface area (Å²) in [5, 5.41) is 0. The van der Waals surface area contributed by atoms with Gasteiger partial charge in [-0.05, 0) is 6.07 Å². The zero-order valence-corrected chi connectivity index (χ0v) is 8.67. The summed E-state index contributed by atoms with van der Waals surface area (Å²) in [5.74, 6) is 0. The number of nitrogens with zero attached hydrogens (tertiary/aromatic N) is 3. The fourth-order valence-electron chi connectivity index (χ4n) is 1.84.